The molecule has 2 rings (SSSR count). The van der Waals surface area contributed by atoms with E-state index in [-0.39, 0.29) is 16.7 Å². The van der Waals surface area contributed by atoms with E-state index in [2.05, 4.69) is 15.1 Å². The first-order valence-electron chi connectivity index (χ1n) is 4.58. The molecule has 2 heterocycles. The van der Waals surface area contributed by atoms with Gasteiger partial charge in [0.15, 0.2) is 0 Å². The van der Waals surface area contributed by atoms with Crippen molar-refractivity contribution < 1.29 is 13.9 Å². The molecular weight excluding hydrogens is 254 g/mol. The predicted molar refractivity (Wildman–Crippen MR) is 55.0 cm³/mol. The minimum absolute atomic E-state index is 0.0686. The number of hydrogen-bond donors (Lipinski definition) is 1. The SMILES string of the molecule is OCc1c(C(F)F)nn(-c2ncccn2)c1Cl. The van der Waals surface area contributed by atoms with Gasteiger partial charge in [0, 0.05) is 18.0 Å². The lowest BCUT2D eigenvalue weighted by atomic mass is 10.3. The Labute approximate surface area is 99.7 Å². The van der Waals surface area contributed by atoms with Crippen LogP contribution in [0, 0.1) is 0 Å². The number of halogens is 3. The largest absolute Gasteiger partial charge is 0.391 e. The molecule has 0 radical (unpaired) electrons. The number of hydrogen-bond acceptors (Lipinski definition) is 4. The summed E-state index contributed by atoms with van der Waals surface area (Å²) in [6, 6.07) is 1.57. The predicted octanol–water partition coefficient (Wildman–Crippen LogP) is 1.75. The highest BCUT2D eigenvalue weighted by molar-refractivity contribution is 6.30. The highest BCUT2D eigenvalue weighted by Gasteiger charge is 2.23. The first-order chi connectivity index (χ1) is 8.15. The molecule has 0 atom stereocenters. The van der Waals surface area contributed by atoms with Gasteiger partial charge in [0.2, 0.25) is 0 Å². The average molecular weight is 261 g/mol. The van der Waals surface area contributed by atoms with Crippen LogP contribution in [-0.4, -0.2) is 24.9 Å². The minimum Gasteiger partial charge on any atom is -0.391 e. The summed E-state index contributed by atoms with van der Waals surface area (Å²) in [6.07, 6.45) is 0.0433. The highest BCUT2D eigenvalue weighted by atomic mass is 35.5. The van der Waals surface area contributed by atoms with Crippen LogP contribution in [0.4, 0.5) is 8.78 Å². The van der Waals surface area contributed by atoms with Gasteiger partial charge in [-0.25, -0.2) is 18.7 Å². The number of rotatable bonds is 3. The maximum atomic E-state index is 12.6. The molecule has 0 saturated carbocycles. The first-order valence-corrected chi connectivity index (χ1v) is 4.96. The molecule has 2 aromatic rings. The van der Waals surface area contributed by atoms with Crippen molar-refractivity contribution in [2.45, 2.75) is 13.0 Å². The second kappa shape index (κ2) is 4.72. The van der Waals surface area contributed by atoms with Gasteiger partial charge in [0.1, 0.15) is 10.8 Å². The molecule has 0 aliphatic heterocycles. The Balaban J connectivity index is 2.57. The molecule has 90 valence electrons. The van der Waals surface area contributed by atoms with Crippen molar-refractivity contribution >= 4 is 11.6 Å². The maximum absolute atomic E-state index is 12.6. The monoisotopic (exact) mass is 260 g/mol. The Morgan fingerprint density at radius 2 is 2.00 bits per heavy atom. The molecule has 0 fully saturated rings. The summed E-state index contributed by atoms with van der Waals surface area (Å²) in [5, 5.41) is 12.5. The minimum atomic E-state index is -2.82. The maximum Gasteiger partial charge on any atom is 0.282 e. The molecule has 17 heavy (non-hydrogen) atoms. The van der Waals surface area contributed by atoms with Gasteiger partial charge in [-0.05, 0) is 6.07 Å². The Bertz CT molecular complexity index is 517. The van der Waals surface area contributed by atoms with Gasteiger partial charge in [-0.15, -0.1) is 0 Å². The fourth-order valence-electron chi connectivity index (χ4n) is 1.30. The highest BCUT2D eigenvalue weighted by Crippen LogP contribution is 2.28. The van der Waals surface area contributed by atoms with Crippen molar-refractivity contribution in [1.29, 1.82) is 0 Å². The van der Waals surface area contributed by atoms with Crippen molar-refractivity contribution in [2.75, 3.05) is 0 Å². The summed E-state index contributed by atoms with van der Waals surface area (Å²) >= 11 is 5.84. The summed E-state index contributed by atoms with van der Waals surface area (Å²) in [5.41, 5.74) is -0.681. The van der Waals surface area contributed by atoms with Crippen LogP contribution >= 0.6 is 11.6 Å². The molecule has 0 aliphatic rings. The van der Waals surface area contributed by atoms with Gasteiger partial charge in [0.25, 0.3) is 12.4 Å². The van der Waals surface area contributed by atoms with Crippen molar-refractivity contribution in [3.8, 4) is 5.95 Å². The summed E-state index contributed by atoms with van der Waals surface area (Å²) in [7, 11) is 0. The van der Waals surface area contributed by atoms with Crippen molar-refractivity contribution in [3.63, 3.8) is 0 Å². The molecule has 0 bridgehead atoms. The molecule has 5 nitrogen and oxygen atoms in total. The molecule has 0 saturated heterocycles. The fraction of sp³-hybridized carbons (Fsp3) is 0.222. The zero-order valence-corrected chi connectivity index (χ0v) is 9.14. The van der Waals surface area contributed by atoms with Gasteiger partial charge in [-0.3, -0.25) is 0 Å². The third kappa shape index (κ3) is 2.11. The molecular formula is C9H7ClF2N4O. The third-order valence-electron chi connectivity index (χ3n) is 2.06. The molecule has 0 spiro atoms. The second-order valence-corrected chi connectivity index (χ2v) is 3.43. The van der Waals surface area contributed by atoms with Gasteiger partial charge in [-0.1, -0.05) is 11.6 Å². The molecule has 0 aromatic carbocycles. The lowest BCUT2D eigenvalue weighted by molar-refractivity contribution is 0.141. The third-order valence-corrected chi connectivity index (χ3v) is 2.45. The first kappa shape index (κ1) is 11.9. The Hall–Kier alpha value is -1.60. The van der Waals surface area contributed by atoms with Crippen molar-refractivity contribution in [3.05, 3.63) is 34.9 Å². The second-order valence-electron chi connectivity index (χ2n) is 3.07. The average Bonchev–Trinajstić information content (AvgIpc) is 2.67. The lowest BCUT2D eigenvalue weighted by Crippen LogP contribution is -2.02. The van der Waals surface area contributed by atoms with E-state index in [1.807, 2.05) is 0 Å². The Morgan fingerprint density at radius 3 is 2.47 bits per heavy atom. The van der Waals surface area contributed by atoms with E-state index >= 15 is 0 Å². The van der Waals surface area contributed by atoms with Crippen LogP contribution in [0.1, 0.15) is 17.7 Å². The molecule has 2 aromatic heterocycles. The smallest absolute Gasteiger partial charge is 0.282 e. The van der Waals surface area contributed by atoms with Crippen LogP contribution in [0.3, 0.4) is 0 Å². The van der Waals surface area contributed by atoms with E-state index in [4.69, 9.17) is 16.7 Å². The van der Waals surface area contributed by atoms with Crippen molar-refractivity contribution in [2.24, 2.45) is 0 Å². The molecule has 8 heteroatoms. The van der Waals surface area contributed by atoms with E-state index < -0.39 is 18.7 Å². The summed E-state index contributed by atoms with van der Waals surface area (Å²) in [5.74, 6) is 0.0686. The van der Waals surface area contributed by atoms with E-state index in [0.29, 0.717) is 0 Å². The van der Waals surface area contributed by atoms with E-state index in [0.717, 1.165) is 4.68 Å². The van der Waals surface area contributed by atoms with Crippen LogP contribution in [0.2, 0.25) is 5.15 Å². The fourth-order valence-corrected chi connectivity index (χ4v) is 1.57. The molecule has 0 aliphatic carbocycles. The number of aromatic nitrogens is 4. The zero-order valence-electron chi connectivity index (χ0n) is 8.39. The van der Waals surface area contributed by atoms with Crippen LogP contribution in [0.15, 0.2) is 18.5 Å². The standard InChI is InChI=1S/C9H7ClF2N4O/c10-7-5(4-17)6(8(11)12)15-16(7)9-13-2-1-3-14-9/h1-3,8,17H,4H2. The number of aliphatic hydroxyl groups is 1. The van der Waals surface area contributed by atoms with Gasteiger partial charge < -0.3 is 5.11 Å². The van der Waals surface area contributed by atoms with E-state index in [1.165, 1.54) is 12.4 Å². The lowest BCUT2D eigenvalue weighted by Gasteiger charge is -1.99. The van der Waals surface area contributed by atoms with Crippen LogP contribution in [0.5, 0.6) is 0 Å². The van der Waals surface area contributed by atoms with Gasteiger partial charge >= 0.3 is 0 Å². The van der Waals surface area contributed by atoms with Crippen LogP contribution < -0.4 is 0 Å². The normalized spacial score (nSPS) is 11.1. The van der Waals surface area contributed by atoms with Crippen LogP contribution in [-0.2, 0) is 6.61 Å². The number of alkyl halides is 2. The summed E-state index contributed by atoms with van der Waals surface area (Å²) in [6.45, 7) is -0.620. The Morgan fingerprint density at radius 1 is 1.35 bits per heavy atom. The van der Waals surface area contributed by atoms with E-state index in [9.17, 15) is 8.78 Å². The zero-order chi connectivity index (χ0) is 12.4. The summed E-state index contributed by atoms with van der Waals surface area (Å²) in [4.78, 5) is 7.67. The molecule has 0 unspecified atom stereocenters. The number of nitrogens with zero attached hydrogens (tertiary/aromatic N) is 4. The van der Waals surface area contributed by atoms with E-state index in [1.54, 1.807) is 6.07 Å². The van der Waals surface area contributed by atoms with Crippen LogP contribution in [0.25, 0.3) is 5.95 Å². The molecule has 0 amide bonds. The van der Waals surface area contributed by atoms with Gasteiger partial charge in [-0.2, -0.15) is 9.78 Å². The number of aliphatic hydroxyl groups excluding tert-OH is 1. The quantitative estimate of drug-likeness (QED) is 0.913. The van der Waals surface area contributed by atoms with Crippen molar-refractivity contribution in [1.82, 2.24) is 19.7 Å². The molecule has 1 N–H and O–H groups in total. The van der Waals surface area contributed by atoms with Gasteiger partial charge in [0.05, 0.1) is 6.61 Å². The summed E-state index contributed by atoms with van der Waals surface area (Å²) < 4.78 is 26.2. The topological polar surface area (TPSA) is 63.8 Å². The Kier molecular flexibility index (Phi) is 3.30.